The Morgan fingerprint density at radius 1 is 0.742 bits per heavy atom. The van der Waals surface area contributed by atoms with E-state index in [9.17, 15) is 5.11 Å². The van der Waals surface area contributed by atoms with Crippen LogP contribution in [-0.2, 0) is 6.42 Å². The Balaban J connectivity index is 1.78. The van der Waals surface area contributed by atoms with E-state index in [0.29, 0.717) is 21.5 Å². The Labute approximate surface area is 199 Å². The summed E-state index contributed by atoms with van der Waals surface area (Å²) in [6.45, 7) is 4.22. The van der Waals surface area contributed by atoms with Crippen molar-refractivity contribution in [2.45, 2.75) is 38.0 Å². The molecular formula is C26H26Cl3NO. The van der Waals surface area contributed by atoms with Gasteiger partial charge in [0, 0.05) is 45.4 Å². The van der Waals surface area contributed by atoms with Gasteiger partial charge in [-0.3, -0.25) is 0 Å². The number of piperidine rings is 1. The molecule has 3 aromatic carbocycles. The summed E-state index contributed by atoms with van der Waals surface area (Å²) >= 11 is 18.8. The number of rotatable bonds is 4. The summed E-state index contributed by atoms with van der Waals surface area (Å²) in [6.07, 6.45) is 0.477. The molecular weight excluding hydrogens is 449 g/mol. The van der Waals surface area contributed by atoms with Gasteiger partial charge in [-0.1, -0.05) is 91.1 Å². The third kappa shape index (κ3) is 4.51. The standard InChI is InChI=1S/C26H26Cl3NO/c1-16-24(18-7-11-21(27)12-8-18)30-25(19-9-13-22(28)14-10-19)17(2)26(16,31)15-20-5-3-4-6-23(20)29/h3-14,16-17,24-25,30-31H,15H2,1-2H3/t16-,17-,24-,25+,26?/m0/s1. The molecule has 0 amide bonds. The molecule has 0 aromatic heterocycles. The van der Waals surface area contributed by atoms with E-state index in [1.54, 1.807) is 0 Å². The van der Waals surface area contributed by atoms with E-state index in [0.717, 1.165) is 16.7 Å². The molecule has 0 saturated carbocycles. The molecule has 1 aliphatic rings. The highest BCUT2D eigenvalue weighted by molar-refractivity contribution is 6.31. The molecule has 4 rings (SSSR count). The van der Waals surface area contributed by atoms with Crippen LogP contribution in [0, 0.1) is 11.8 Å². The zero-order valence-corrected chi connectivity index (χ0v) is 19.8. The van der Waals surface area contributed by atoms with Crippen molar-refractivity contribution in [2.24, 2.45) is 11.8 Å². The largest absolute Gasteiger partial charge is 0.389 e. The maximum absolute atomic E-state index is 12.2. The lowest BCUT2D eigenvalue weighted by atomic mass is 9.64. The average molecular weight is 475 g/mol. The van der Waals surface area contributed by atoms with Gasteiger partial charge >= 0.3 is 0 Å². The van der Waals surface area contributed by atoms with E-state index >= 15 is 0 Å². The second-order valence-corrected chi connectivity index (χ2v) is 9.84. The quantitative estimate of drug-likeness (QED) is 0.416. The number of aliphatic hydroxyl groups is 1. The van der Waals surface area contributed by atoms with Crippen molar-refractivity contribution in [3.63, 3.8) is 0 Å². The third-order valence-electron chi connectivity index (χ3n) is 6.83. The van der Waals surface area contributed by atoms with Crippen LogP contribution in [0.4, 0.5) is 0 Å². The Bertz CT molecular complexity index is 978. The minimum absolute atomic E-state index is 0.0540. The monoisotopic (exact) mass is 473 g/mol. The molecule has 1 saturated heterocycles. The molecule has 0 spiro atoms. The molecule has 1 aliphatic heterocycles. The van der Waals surface area contributed by atoms with E-state index in [-0.39, 0.29) is 23.9 Å². The first-order chi connectivity index (χ1) is 14.8. The van der Waals surface area contributed by atoms with Crippen LogP contribution in [0.1, 0.15) is 42.6 Å². The van der Waals surface area contributed by atoms with Gasteiger partial charge in [-0.2, -0.15) is 0 Å². The first kappa shape index (κ1) is 22.6. The lowest BCUT2D eigenvalue weighted by molar-refractivity contribution is -0.110. The minimum atomic E-state index is -0.981. The fourth-order valence-corrected chi connectivity index (χ4v) is 5.31. The van der Waals surface area contributed by atoms with Crippen LogP contribution in [0.3, 0.4) is 0 Å². The van der Waals surface area contributed by atoms with Gasteiger partial charge in [0.1, 0.15) is 0 Å². The highest BCUT2D eigenvalue weighted by Crippen LogP contribution is 2.48. The van der Waals surface area contributed by atoms with Crippen molar-refractivity contribution in [3.05, 3.63) is 105 Å². The summed E-state index contributed by atoms with van der Waals surface area (Å²) < 4.78 is 0. The molecule has 2 nitrogen and oxygen atoms in total. The van der Waals surface area contributed by atoms with Crippen molar-refractivity contribution in [1.29, 1.82) is 0 Å². The maximum atomic E-state index is 12.2. The van der Waals surface area contributed by atoms with Gasteiger partial charge in [0.15, 0.2) is 0 Å². The Morgan fingerprint density at radius 2 is 1.19 bits per heavy atom. The second-order valence-electron chi connectivity index (χ2n) is 8.56. The molecule has 31 heavy (non-hydrogen) atoms. The second kappa shape index (κ2) is 9.13. The van der Waals surface area contributed by atoms with E-state index in [1.807, 2.05) is 72.8 Å². The molecule has 0 radical (unpaired) electrons. The summed E-state index contributed by atoms with van der Waals surface area (Å²) in [6, 6.07) is 23.4. The Hall–Kier alpha value is -1.55. The first-order valence-electron chi connectivity index (χ1n) is 10.5. The molecule has 162 valence electrons. The fraction of sp³-hybridized carbons (Fsp3) is 0.308. The number of nitrogens with one attached hydrogen (secondary N) is 1. The van der Waals surface area contributed by atoms with Crippen molar-refractivity contribution in [1.82, 2.24) is 5.32 Å². The Kier molecular flexibility index (Phi) is 6.67. The van der Waals surface area contributed by atoms with Gasteiger partial charge < -0.3 is 10.4 Å². The van der Waals surface area contributed by atoms with Crippen LogP contribution in [0.15, 0.2) is 72.8 Å². The van der Waals surface area contributed by atoms with Gasteiger partial charge in [0.25, 0.3) is 0 Å². The highest BCUT2D eigenvalue weighted by atomic mass is 35.5. The van der Waals surface area contributed by atoms with Gasteiger partial charge in [0.05, 0.1) is 5.60 Å². The molecule has 3 aromatic rings. The van der Waals surface area contributed by atoms with Gasteiger partial charge in [-0.25, -0.2) is 0 Å². The number of hydrogen-bond donors (Lipinski definition) is 2. The van der Waals surface area contributed by atoms with Crippen LogP contribution >= 0.6 is 34.8 Å². The van der Waals surface area contributed by atoms with E-state index in [2.05, 4.69) is 19.2 Å². The van der Waals surface area contributed by atoms with Crippen molar-refractivity contribution < 1.29 is 5.11 Å². The fourth-order valence-electron chi connectivity index (χ4n) is 4.85. The van der Waals surface area contributed by atoms with E-state index < -0.39 is 5.60 Å². The van der Waals surface area contributed by atoms with Crippen LogP contribution in [0.25, 0.3) is 0 Å². The summed E-state index contributed by atoms with van der Waals surface area (Å²) in [7, 11) is 0. The predicted molar refractivity (Wildman–Crippen MR) is 130 cm³/mol. The summed E-state index contributed by atoms with van der Waals surface area (Å²) in [5.41, 5.74) is 2.17. The highest BCUT2D eigenvalue weighted by Gasteiger charge is 2.51. The van der Waals surface area contributed by atoms with Crippen LogP contribution < -0.4 is 5.32 Å². The molecule has 5 heteroatoms. The first-order valence-corrected chi connectivity index (χ1v) is 11.7. The predicted octanol–water partition coefficient (Wildman–Crippen LogP) is 7.28. The van der Waals surface area contributed by atoms with Crippen LogP contribution in [0.5, 0.6) is 0 Å². The molecule has 0 bridgehead atoms. The zero-order chi connectivity index (χ0) is 22.2. The number of halogens is 3. The number of benzene rings is 3. The summed E-state index contributed by atoms with van der Waals surface area (Å²) in [5.74, 6) is -0.132. The SMILES string of the molecule is C[C@H]1[C@@H](c2ccc(Cl)cc2)N[C@@H](c2ccc(Cl)cc2)[C@H](C)C1(O)Cc1ccccc1Cl. The van der Waals surface area contributed by atoms with Crippen molar-refractivity contribution in [2.75, 3.05) is 0 Å². The van der Waals surface area contributed by atoms with Crippen LogP contribution in [-0.4, -0.2) is 10.7 Å². The van der Waals surface area contributed by atoms with Crippen molar-refractivity contribution >= 4 is 34.8 Å². The zero-order valence-electron chi connectivity index (χ0n) is 17.5. The molecule has 2 N–H and O–H groups in total. The lowest BCUT2D eigenvalue weighted by Gasteiger charge is -2.52. The topological polar surface area (TPSA) is 32.3 Å². The lowest BCUT2D eigenvalue weighted by Crippen LogP contribution is -2.58. The third-order valence-corrected chi connectivity index (χ3v) is 7.70. The van der Waals surface area contributed by atoms with Gasteiger partial charge in [-0.15, -0.1) is 0 Å². The van der Waals surface area contributed by atoms with Gasteiger partial charge in [0.2, 0.25) is 0 Å². The summed E-state index contributed by atoms with van der Waals surface area (Å²) in [5, 5.41) is 18.1. The van der Waals surface area contributed by atoms with E-state index in [1.165, 1.54) is 0 Å². The van der Waals surface area contributed by atoms with E-state index in [4.69, 9.17) is 34.8 Å². The molecule has 1 fully saturated rings. The van der Waals surface area contributed by atoms with Crippen LogP contribution in [0.2, 0.25) is 15.1 Å². The Morgan fingerprint density at radius 3 is 1.65 bits per heavy atom. The average Bonchev–Trinajstić information content (AvgIpc) is 2.76. The molecule has 0 aliphatic carbocycles. The molecule has 5 atom stereocenters. The minimum Gasteiger partial charge on any atom is -0.389 e. The summed E-state index contributed by atoms with van der Waals surface area (Å²) in [4.78, 5) is 0. The smallest absolute Gasteiger partial charge is 0.0775 e. The van der Waals surface area contributed by atoms with Crippen molar-refractivity contribution in [3.8, 4) is 0 Å². The normalized spacial score (nSPS) is 28.5. The molecule has 1 unspecified atom stereocenters. The molecule has 1 heterocycles. The number of hydrogen-bond acceptors (Lipinski definition) is 2. The van der Waals surface area contributed by atoms with Gasteiger partial charge in [-0.05, 0) is 47.0 Å². The maximum Gasteiger partial charge on any atom is 0.0775 e.